The predicted molar refractivity (Wildman–Crippen MR) is 105 cm³/mol. The number of carbonyl (C=O) groups is 1. The molecule has 2 saturated carbocycles. The molecule has 3 atom stereocenters. The van der Waals surface area contributed by atoms with Gasteiger partial charge in [0.15, 0.2) is 18.4 Å². The smallest absolute Gasteiger partial charge is 0.191 e. The molecule has 0 heterocycles. The van der Waals surface area contributed by atoms with Crippen LogP contribution >= 0.6 is 23.2 Å². The van der Waals surface area contributed by atoms with Gasteiger partial charge < -0.3 is 4.43 Å². The summed E-state index contributed by atoms with van der Waals surface area (Å²) in [6, 6.07) is 0. The standard InChI is InChI=1S/C19H34Cl2O2Si/c1-18(2,3)24(4,5)23-12-8-6-7-9-14-10-11-15-13-16(22)19(20,21)17(14)15/h14-15,17H,6-13H2,1-5H3. The van der Waals surface area contributed by atoms with E-state index in [1.807, 2.05) is 0 Å². The van der Waals surface area contributed by atoms with Crippen molar-refractivity contribution >= 4 is 37.3 Å². The molecule has 0 amide bonds. The van der Waals surface area contributed by atoms with Gasteiger partial charge >= 0.3 is 0 Å². The van der Waals surface area contributed by atoms with Gasteiger partial charge in [0.05, 0.1) is 0 Å². The van der Waals surface area contributed by atoms with Crippen LogP contribution in [0, 0.1) is 17.8 Å². The van der Waals surface area contributed by atoms with Gasteiger partial charge in [-0.2, -0.15) is 0 Å². The molecular formula is C19H34Cl2O2Si. The van der Waals surface area contributed by atoms with Gasteiger partial charge in [-0.15, -0.1) is 0 Å². The van der Waals surface area contributed by atoms with Crippen LogP contribution in [-0.2, 0) is 9.22 Å². The zero-order valence-electron chi connectivity index (χ0n) is 16.0. The quantitative estimate of drug-likeness (QED) is 0.286. The highest BCUT2D eigenvalue weighted by Crippen LogP contribution is 2.57. The average Bonchev–Trinajstić information content (AvgIpc) is 2.93. The first-order valence-corrected chi connectivity index (χ1v) is 13.2. The molecule has 2 rings (SSSR count). The summed E-state index contributed by atoms with van der Waals surface area (Å²) in [4.78, 5) is 12.0. The molecule has 0 radical (unpaired) electrons. The second-order valence-electron chi connectivity index (χ2n) is 9.33. The van der Waals surface area contributed by atoms with E-state index in [0.29, 0.717) is 18.3 Å². The van der Waals surface area contributed by atoms with E-state index in [9.17, 15) is 4.79 Å². The van der Waals surface area contributed by atoms with Crippen LogP contribution in [0.5, 0.6) is 0 Å². The largest absolute Gasteiger partial charge is 0.417 e. The molecule has 2 nitrogen and oxygen atoms in total. The first-order chi connectivity index (χ1) is 11.0. The molecule has 0 aliphatic heterocycles. The molecule has 2 aliphatic rings. The number of hydrogen-bond donors (Lipinski definition) is 0. The lowest BCUT2D eigenvalue weighted by Gasteiger charge is -2.36. The summed E-state index contributed by atoms with van der Waals surface area (Å²) in [5, 5.41) is 0.283. The second-order valence-corrected chi connectivity index (χ2v) is 15.5. The highest BCUT2D eigenvalue weighted by atomic mass is 35.5. The van der Waals surface area contributed by atoms with Gasteiger partial charge in [0.25, 0.3) is 0 Å². The van der Waals surface area contributed by atoms with Crippen LogP contribution in [0.25, 0.3) is 0 Å². The van der Waals surface area contributed by atoms with Crippen LogP contribution in [0.2, 0.25) is 18.1 Å². The van der Waals surface area contributed by atoms with Gasteiger partial charge in [-0.1, -0.05) is 63.2 Å². The highest BCUT2D eigenvalue weighted by Gasteiger charge is 2.57. The van der Waals surface area contributed by atoms with Crippen LogP contribution < -0.4 is 0 Å². The van der Waals surface area contributed by atoms with E-state index in [1.165, 1.54) is 19.3 Å². The summed E-state index contributed by atoms with van der Waals surface area (Å²) in [5.41, 5.74) is 0. The van der Waals surface area contributed by atoms with Gasteiger partial charge in [0.2, 0.25) is 0 Å². The van der Waals surface area contributed by atoms with E-state index in [2.05, 4.69) is 33.9 Å². The molecule has 0 N–H and O–H groups in total. The van der Waals surface area contributed by atoms with Crippen molar-refractivity contribution in [2.45, 2.75) is 88.2 Å². The first-order valence-electron chi connectivity index (χ1n) is 9.52. The molecule has 3 unspecified atom stereocenters. The van der Waals surface area contributed by atoms with Crippen molar-refractivity contribution < 1.29 is 9.22 Å². The van der Waals surface area contributed by atoms with Crippen LogP contribution in [-0.4, -0.2) is 25.0 Å². The Hall–Kier alpha value is 0.427. The van der Waals surface area contributed by atoms with E-state index in [-0.39, 0.29) is 16.7 Å². The van der Waals surface area contributed by atoms with E-state index in [0.717, 1.165) is 25.9 Å². The van der Waals surface area contributed by atoms with Gasteiger partial charge in [-0.05, 0) is 49.2 Å². The van der Waals surface area contributed by atoms with E-state index < -0.39 is 12.7 Å². The summed E-state index contributed by atoms with van der Waals surface area (Å²) < 4.78 is 5.12. The monoisotopic (exact) mass is 392 g/mol. The maximum absolute atomic E-state index is 12.0. The Morgan fingerprint density at radius 2 is 1.83 bits per heavy atom. The third-order valence-electron chi connectivity index (χ3n) is 6.65. The molecule has 2 aliphatic carbocycles. The Morgan fingerprint density at radius 3 is 2.46 bits per heavy atom. The second kappa shape index (κ2) is 7.58. The number of fused-ring (bicyclic) bond motifs is 1. The van der Waals surface area contributed by atoms with Gasteiger partial charge in [0, 0.05) is 18.9 Å². The van der Waals surface area contributed by atoms with Gasteiger partial charge in [-0.3, -0.25) is 4.79 Å². The number of Topliss-reactive ketones (excluding diaryl/α,β-unsaturated/α-hetero) is 1. The summed E-state index contributed by atoms with van der Waals surface area (Å²) in [6.07, 6.45) is 7.55. The molecule has 5 heteroatoms. The van der Waals surface area contributed by atoms with E-state index in [4.69, 9.17) is 27.6 Å². The summed E-state index contributed by atoms with van der Waals surface area (Å²) in [5.74, 6) is 1.20. The fourth-order valence-electron chi connectivity index (χ4n) is 4.11. The topological polar surface area (TPSA) is 26.3 Å². The SMILES string of the molecule is CC(C)(C)[Si](C)(C)OCCCCCC1CCC2CC(=O)C(Cl)(Cl)C12. The Morgan fingerprint density at radius 1 is 1.17 bits per heavy atom. The summed E-state index contributed by atoms with van der Waals surface area (Å²) in [7, 11) is -1.61. The zero-order valence-corrected chi connectivity index (χ0v) is 18.5. The normalized spacial score (nSPS) is 30.0. The predicted octanol–water partition coefficient (Wildman–Crippen LogP) is 6.36. The third kappa shape index (κ3) is 4.39. The number of unbranched alkanes of at least 4 members (excludes halogenated alkanes) is 2. The average molecular weight is 393 g/mol. The molecule has 0 aromatic rings. The fraction of sp³-hybridized carbons (Fsp3) is 0.947. The first kappa shape index (κ1) is 20.7. The number of carbonyl (C=O) groups excluding carboxylic acids is 1. The molecule has 0 saturated heterocycles. The minimum Gasteiger partial charge on any atom is -0.417 e. The maximum atomic E-state index is 12.0. The van der Waals surface area contributed by atoms with Crippen molar-refractivity contribution in [3.63, 3.8) is 0 Å². The minimum atomic E-state index is -1.61. The number of hydrogen-bond acceptors (Lipinski definition) is 2. The van der Waals surface area contributed by atoms with Crippen LogP contribution in [0.15, 0.2) is 0 Å². The number of rotatable bonds is 7. The Kier molecular flexibility index (Phi) is 6.55. The summed E-state index contributed by atoms with van der Waals surface area (Å²) >= 11 is 12.7. The Labute approximate surface area is 159 Å². The minimum absolute atomic E-state index is 0.0494. The van der Waals surface area contributed by atoms with Crippen LogP contribution in [0.3, 0.4) is 0 Å². The summed E-state index contributed by atoms with van der Waals surface area (Å²) in [6.45, 7) is 12.3. The van der Waals surface area contributed by atoms with Crippen molar-refractivity contribution in [3.8, 4) is 0 Å². The number of ketones is 1. The molecule has 2 fully saturated rings. The van der Waals surface area contributed by atoms with Crippen molar-refractivity contribution in [2.75, 3.05) is 6.61 Å². The Balaban J connectivity index is 1.68. The van der Waals surface area contributed by atoms with E-state index in [1.54, 1.807) is 0 Å². The lowest BCUT2D eigenvalue weighted by atomic mass is 9.87. The molecular weight excluding hydrogens is 359 g/mol. The molecule has 0 spiro atoms. The molecule has 0 bridgehead atoms. The maximum Gasteiger partial charge on any atom is 0.191 e. The molecule has 0 aromatic carbocycles. The van der Waals surface area contributed by atoms with Gasteiger partial charge in [-0.25, -0.2) is 0 Å². The van der Waals surface area contributed by atoms with E-state index >= 15 is 0 Å². The number of halogens is 2. The zero-order chi connectivity index (χ0) is 18.2. The Bertz CT molecular complexity index is 457. The highest BCUT2D eigenvalue weighted by molar-refractivity contribution is 6.74. The molecule has 140 valence electrons. The lowest BCUT2D eigenvalue weighted by Crippen LogP contribution is -2.40. The fourth-order valence-corrected chi connectivity index (χ4v) is 6.06. The lowest BCUT2D eigenvalue weighted by molar-refractivity contribution is -0.118. The van der Waals surface area contributed by atoms with Crippen LogP contribution in [0.4, 0.5) is 0 Å². The number of alkyl halides is 2. The molecule has 24 heavy (non-hydrogen) atoms. The third-order valence-corrected chi connectivity index (χ3v) is 12.1. The van der Waals surface area contributed by atoms with Crippen molar-refractivity contribution in [1.82, 2.24) is 0 Å². The van der Waals surface area contributed by atoms with Gasteiger partial charge in [0.1, 0.15) is 0 Å². The van der Waals surface area contributed by atoms with Crippen molar-refractivity contribution in [3.05, 3.63) is 0 Å². The van der Waals surface area contributed by atoms with Crippen LogP contribution in [0.1, 0.15) is 65.7 Å². The van der Waals surface area contributed by atoms with Crippen molar-refractivity contribution in [1.29, 1.82) is 0 Å². The molecule has 0 aromatic heterocycles. The van der Waals surface area contributed by atoms with Crippen molar-refractivity contribution in [2.24, 2.45) is 17.8 Å².